The average molecular weight is 394 g/mol. The van der Waals surface area contributed by atoms with Gasteiger partial charge in [-0.3, -0.25) is 14.4 Å². The first kappa shape index (κ1) is 19.9. The van der Waals surface area contributed by atoms with Crippen molar-refractivity contribution in [2.75, 3.05) is 10.6 Å². The molecule has 7 heteroatoms. The number of hydrogen-bond acceptors (Lipinski definition) is 3. The Kier molecular flexibility index (Phi) is 5.78. The molecule has 3 aromatic carbocycles. The third kappa shape index (κ3) is 4.70. The fraction of sp³-hybridized carbons (Fsp3) is 0.0455. The minimum atomic E-state index is -0.902. The van der Waals surface area contributed by atoms with Gasteiger partial charge in [-0.15, -0.1) is 0 Å². The van der Waals surface area contributed by atoms with Crippen LogP contribution in [0.3, 0.4) is 0 Å². The molecule has 5 nitrogen and oxygen atoms in total. The van der Waals surface area contributed by atoms with E-state index < -0.39 is 29.1 Å². The maximum absolute atomic E-state index is 13.7. The van der Waals surface area contributed by atoms with Crippen molar-refractivity contribution in [3.63, 3.8) is 0 Å². The van der Waals surface area contributed by atoms with Gasteiger partial charge in [0.15, 0.2) is 5.78 Å². The molecule has 0 saturated carbocycles. The molecule has 0 aliphatic carbocycles. The van der Waals surface area contributed by atoms with E-state index in [0.717, 1.165) is 12.1 Å². The molecule has 0 bridgehead atoms. The minimum absolute atomic E-state index is 0.0623. The summed E-state index contributed by atoms with van der Waals surface area (Å²) in [6, 6.07) is 15.3. The molecule has 29 heavy (non-hydrogen) atoms. The zero-order chi connectivity index (χ0) is 21.0. The van der Waals surface area contributed by atoms with E-state index in [0.29, 0.717) is 11.3 Å². The van der Waals surface area contributed by atoms with E-state index in [2.05, 4.69) is 10.6 Å². The van der Waals surface area contributed by atoms with Gasteiger partial charge in [-0.2, -0.15) is 0 Å². The molecule has 0 heterocycles. The highest BCUT2D eigenvalue weighted by molar-refractivity contribution is 6.09. The maximum Gasteiger partial charge on any atom is 0.255 e. The predicted octanol–water partition coefficient (Wildman–Crippen LogP) is 4.67. The molecule has 0 spiro atoms. The Hall–Kier alpha value is -3.87. The number of halogens is 2. The van der Waals surface area contributed by atoms with Crippen LogP contribution in [0.25, 0.3) is 0 Å². The number of Topliss-reactive ketones (excluding diaryl/α,β-unsaturated/α-hetero) is 1. The largest absolute Gasteiger partial charge is 0.322 e. The summed E-state index contributed by atoms with van der Waals surface area (Å²) in [7, 11) is 0. The van der Waals surface area contributed by atoms with Gasteiger partial charge in [0.05, 0.1) is 0 Å². The molecule has 0 radical (unpaired) electrons. The number of amides is 2. The zero-order valence-electron chi connectivity index (χ0n) is 15.3. The fourth-order valence-corrected chi connectivity index (χ4v) is 2.60. The van der Waals surface area contributed by atoms with Crippen molar-refractivity contribution in [3.8, 4) is 0 Å². The zero-order valence-corrected chi connectivity index (χ0v) is 15.3. The Labute approximate surface area is 165 Å². The second kappa shape index (κ2) is 8.43. The molecular formula is C22H16F2N2O3. The number of nitrogens with one attached hydrogen (secondary N) is 2. The Bertz CT molecular complexity index is 1080. The Morgan fingerprint density at radius 2 is 1.21 bits per heavy atom. The number of rotatable bonds is 5. The summed E-state index contributed by atoms with van der Waals surface area (Å²) in [5, 5.41) is 4.83. The molecule has 2 N–H and O–H groups in total. The number of benzene rings is 3. The van der Waals surface area contributed by atoms with Crippen LogP contribution in [0.15, 0.2) is 66.7 Å². The second-order valence-electron chi connectivity index (χ2n) is 6.22. The lowest BCUT2D eigenvalue weighted by Gasteiger charge is -2.09. The molecule has 0 aliphatic rings. The van der Waals surface area contributed by atoms with Gasteiger partial charge in [-0.25, -0.2) is 8.78 Å². The van der Waals surface area contributed by atoms with Crippen LogP contribution >= 0.6 is 0 Å². The predicted molar refractivity (Wildman–Crippen MR) is 105 cm³/mol. The van der Waals surface area contributed by atoms with Gasteiger partial charge in [-0.1, -0.05) is 12.1 Å². The summed E-state index contributed by atoms with van der Waals surface area (Å²) in [6.07, 6.45) is 0. The van der Waals surface area contributed by atoms with E-state index in [-0.39, 0.29) is 16.9 Å². The van der Waals surface area contributed by atoms with Crippen LogP contribution in [-0.4, -0.2) is 17.6 Å². The van der Waals surface area contributed by atoms with Crippen LogP contribution in [0.1, 0.15) is 38.0 Å². The first-order chi connectivity index (χ1) is 13.8. The number of carbonyl (C=O) groups is 3. The highest BCUT2D eigenvalue weighted by Crippen LogP contribution is 2.19. The van der Waals surface area contributed by atoms with Gasteiger partial charge in [0.1, 0.15) is 17.3 Å². The summed E-state index contributed by atoms with van der Waals surface area (Å²) < 4.78 is 27.4. The third-order valence-corrected chi connectivity index (χ3v) is 4.14. The molecule has 0 aromatic heterocycles. The summed E-state index contributed by atoms with van der Waals surface area (Å²) in [5.74, 6) is -3.13. The van der Waals surface area contributed by atoms with Crippen LogP contribution in [0.4, 0.5) is 20.2 Å². The summed E-state index contributed by atoms with van der Waals surface area (Å²) >= 11 is 0. The lowest BCUT2D eigenvalue weighted by molar-refractivity contribution is 0.101. The molecular weight excluding hydrogens is 378 g/mol. The van der Waals surface area contributed by atoms with Crippen LogP contribution < -0.4 is 10.6 Å². The first-order valence-corrected chi connectivity index (χ1v) is 8.63. The van der Waals surface area contributed by atoms with E-state index in [1.807, 2.05) is 0 Å². The van der Waals surface area contributed by atoms with Crippen molar-refractivity contribution < 1.29 is 23.2 Å². The molecule has 146 valence electrons. The van der Waals surface area contributed by atoms with E-state index in [4.69, 9.17) is 0 Å². The number of hydrogen-bond donors (Lipinski definition) is 2. The Balaban J connectivity index is 1.75. The van der Waals surface area contributed by atoms with Gasteiger partial charge in [0.2, 0.25) is 0 Å². The van der Waals surface area contributed by atoms with Crippen LogP contribution in [-0.2, 0) is 0 Å². The lowest BCUT2D eigenvalue weighted by Crippen LogP contribution is -2.16. The van der Waals surface area contributed by atoms with E-state index in [1.165, 1.54) is 37.3 Å². The Morgan fingerprint density at radius 3 is 1.76 bits per heavy atom. The molecule has 0 aliphatic heterocycles. The van der Waals surface area contributed by atoms with Crippen molar-refractivity contribution >= 4 is 29.0 Å². The van der Waals surface area contributed by atoms with Crippen LogP contribution in [0.2, 0.25) is 0 Å². The van der Waals surface area contributed by atoms with E-state index in [1.54, 1.807) is 24.3 Å². The number of carbonyl (C=O) groups excluding carboxylic acids is 3. The van der Waals surface area contributed by atoms with Crippen molar-refractivity contribution in [1.82, 2.24) is 0 Å². The first-order valence-electron chi connectivity index (χ1n) is 8.63. The molecule has 0 unspecified atom stereocenters. The summed E-state index contributed by atoms with van der Waals surface area (Å²) in [4.78, 5) is 36.1. The van der Waals surface area contributed by atoms with Crippen molar-refractivity contribution in [3.05, 3.63) is 95.1 Å². The number of anilines is 2. The number of ketones is 1. The Morgan fingerprint density at radius 1 is 0.690 bits per heavy atom. The molecule has 0 fully saturated rings. The van der Waals surface area contributed by atoms with Crippen molar-refractivity contribution in [2.45, 2.75) is 6.92 Å². The van der Waals surface area contributed by atoms with Gasteiger partial charge in [0.25, 0.3) is 11.8 Å². The van der Waals surface area contributed by atoms with Crippen molar-refractivity contribution in [2.24, 2.45) is 0 Å². The average Bonchev–Trinajstić information content (AvgIpc) is 2.71. The molecule has 0 saturated heterocycles. The van der Waals surface area contributed by atoms with Gasteiger partial charge >= 0.3 is 0 Å². The normalized spacial score (nSPS) is 10.3. The summed E-state index contributed by atoms with van der Waals surface area (Å²) in [6.45, 7) is 1.44. The second-order valence-corrected chi connectivity index (χ2v) is 6.22. The highest BCUT2D eigenvalue weighted by Gasteiger charge is 2.15. The van der Waals surface area contributed by atoms with Gasteiger partial charge < -0.3 is 10.6 Å². The standard InChI is InChI=1S/C22H16F2N2O3/c1-13(27)14-8-10-17(11-9-14)25-21(28)15-4-2-5-16(12-15)22(29)26-20-18(23)6-3-7-19(20)24/h2-12H,1H3,(H,25,28)(H,26,29). The van der Waals surface area contributed by atoms with E-state index in [9.17, 15) is 23.2 Å². The highest BCUT2D eigenvalue weighted by atomic mass is 19.1. The molecule has 0 atom stereocenters. The monoisotopic (exact) mass is 394 g/mol. The molecule has 3 rings (SSSR count). The molecule has 2 amide bonds. The van der Waals surface area contributed by atoms with Gasteiger partial charge in [0, 0.05) is 22.4 Å². The number of para-hydroxylation sites is 1. The van der Waals surface area contributed by atoms with Crippen molar-refractivity contribution in [1.29, 1.82) is 0 Å². The smallest absolute Gasteiger partial charge is 0.255 e. The quantitative estimate of drug-likeness (QED) is 0.618. The van der Waals surface area contributed by atoms with Crippen LogP contribution in [0, 0.1) is 11.6 Å². The lowest BCUT2D eigenvalue weighted by atomic mass is 10.1. The summed E-state index contributed by atoms with van der Waals surface area (Å²) in [5.41, 5.74) is 0.678. The maximum atomic E-state index is 13.7. The fourth-order valence-electron chi connectivity index (χ4n) is 2.60. The molecule has 3 aromatic rings. The topological polar surface area (TPSA) is 75.3 Å². The van der Waals surface area contributed by atoms with E-state index >= 15 is 0 Å². The van der Waals surface area contributed by atoms with Crippen LogP contribution in [0.5, 0.6) is 0 Å². The third-order valence-electron chi connectivity index (χ3n) is 4.14. The minimum Gasteiger partial charge on any atom is -0.322 e. The van der Waals surface area contributed by atoms with Gasteiger partial charge in [-0.05, 0) is 61.5 Å². The SMILES string of the molecule is CC(=O)c1ccc(NC(=O)c2cccc(C(=O)Nc3c(F)cccc3F)c2)cc1.